The summed E-state index contributed by atoms with van der Waals surface area (Å²) < 4.78 is 0. The van der Waals surface area contributed by atoms with E-state index in [1.54, 1.807) is 6.07 Å². The summed E-state index contributed by atoms with van der Waals surface area (Å²) in [5.41, 5.74) is 1.23. The molecule has 2 aliphatic carbocycles. The number of para-hydroxylation sites is 1. The summed E-state index contributed by atoms with van der Waals surface area (Å²) in [5.74, 6) is 0.844. The minimum absolute atomic E-state index is 0.00519. The van der Waals surface area contributed by atoms with Gasteiger partial charge in [-0.2, -0.15) is 0 Å². The number of phenols is 1. The number of aryl methyl sites for hydroxylation is 1. The number of hydrogen-bond acceptors (Lipinski definition) is 2. The van der Waals surface area contributed by atoms with Crippen molar-refractivity contribution < 1.29 is 9.90 Å². The predicted molar refractivity (Wildman–Crippen MR) is 69.6 cm³/mol. The Morgan fingerprint density at radius 3 is 2.67 bits per heavy atom. The summed E-state index contributed by atoms with van der Waals surface area (Å²) in [7, 11) is 0. The Kier molecular flexibility index (Phi) is 2.77. The van der Waals surface area contributed by atoms with Crippen LogP contribution in [-0.2, 0) is 0 Å². The Hall–Kier alpha value is -1.51. The molecule has 0 saturated heterocycles. The van der Waals surface area contributed by atoms with Crippen molar-refractivity contribution in [2.24, 2.45) is 5.92 Å². The van der Waals surface area contributed by atoms with Crippen LogP contribution in [0.4, 0.5) is 0 Å². The number of phenolic OH excluding ortho intramolecular Hbond substituents is 1. The fourth-order valence-electron chi connectivity index (χ4n) is 2.35. The fraction of sp³-hybridized carbons (Fsp3) is 0.533. The van der Waals surface area contributed by atoms with Crippen molar-refractivity contribution in [3.63, 3.8) is 0 Å². The molecular weight excluding hydrogens is 226 g/mol. The van der Waals surface area contributed by atoms with Gasteiger partial charge in [0.25, 0.3) is 5.91 Å². The molecule has 0 radical (unpaired) electrons. The van der Waals surface area contributed by atoms with E-state index in [-0.39, 0.29) is 11.7 Å². The van der Waals surface area contributed by atoms with E-state index in [0.717, 1.165) is 24.9 Å². The van der Waals surface area contributed by atoms with Crippen LogP contribution in [0.5, 0.6) is 5.75 Å². The molecular formula is C15H19NO2. The van der Waals surface area contributed by atoms with E-state index in [0.29, 0.717) is 17.5 Å². The largest absolute Gasteiger partial charge is 0.507 e. The maximum absolute atomic E-state index is 12.5. The molecule has 0 atom stereocenters. The van der Waals surface area contributed by atoms with Gasteiger partial charge in [0.1, 0.15) is 5.75 Å². The van der Waals surface area contributed by atoms with Crippen LogP contribution < -0.4 is 0 Å². The van der Waals surface area contributed by atoms with Crippen molar-refractivity contribution >= 4 is 5.91 Å². The quantitative estimate of drug-likeness (QED) is 0.886. The molecule has 1 amide bonds. The Labute approximate surface area is 107 Å². The summed E-state index contributed by atoms with van der Waals surface area (Å²) in [6.45, 7) is 2.70. The standard InChI is InChI=1S/C15H19NO2/c1-10-3-2-4-13(14(10)17)15(18)16(12-7-8-12)9-11-5-6-11/h2-4,11-12,17H,5-9H2,1H3. The van der Waals surface area contributed by atoms with Gasteiger partial charge in [-0.3, -0.25) is 4.79 Å². The van der Waals surface area contributed by atoms with Crippen molar-refractivity contribution in [1.82, 2.24) is 4.90 Å². The van der Waals surface area contributed by atoms with Crippen molar-refractivity contribution in [3.8, 4) is 5.75 Å². The third kappa shape index (κ3) is 2.22. The second-order valence-corrected chi connectivity index (χ2v) is 5.60. The van der Waals surface area contributed by atoms with Crippen LogP contribution in [0.25, 0.3) is 0 Å². The zero-order valence-electron chi connectivity index (χ0n) is 10.7. The highest BCUT2D eigenvalue weighted by Crippen LogP contribution is 2.36. The summed E-state index contributed by atoms with van der Waals surface area (Å²) in [6, 6.07) is 5.81. The summed E-state index contributed by atoms with van der Waals surface area (Å²) in [6.07, 6.45) is 4.72. The Morgan fingerprint density at radius 1 is 1.33 bits per heavy atom. The molecule has 1 aromatic rings. The van der Waals surface area contributed by atoms with Gasteiger partial charge in [-0.25, -0.2) is 0 Å². The van der Waals surface area contributed by atoms with E-state index in [1.807, 2.05) is 24.0 Å². The normalized spacial score (nSPS) is 18.7. The second-order valence-electron chi connectivity index (χ2n) is 5.60. The number of carbonyl (C=O) groups excluding carboxylic acids is 1. The lowest BCUT2D eigenvalue weighted by Gasteiger charge is -2.23. The van der Waals surface area contributed by atoms with E-state index in [2.05, 4.69) is 0 Å². The number of carbonyl (C=O) groups is 1. The van der Waals surface area contributed by atoms with E-state index in [9.17, 15) is 9.90 Å². The monoisotopic (exact) mass is 245 g/mol. The van der Waals surface area contributed by atoms with E-state index >= 15 is 0 Å². The first kappa shape index (κ1) is 11.6. The maximum Gasteiger partial charge on any atom is 0.257 e. The van der Waals surface area contributed by atoms with Crippen LogP contribution in [-0.4, -0.2) is 28.5 Å². The first-order valence-electron chi connectivity index (χ1n) is 6.76. The van der Waals surface area contributed by atoms with Gasteiger partial charge in [-0.15, -0.1) is 0 Å². The Balaban J connectivity index is 1.84. The number of nitrogens with zero attached hydrogens (tertiary/aromatic N) is 1. The molecule has 2 fully saturated rings. The second kappa shape index (κ2) is 4.30. The van der Waals surface area contributed by atoms with E-state index in [1.165, 1.54) is 12.8 Å². The molecule has 3 rings (SSSR count). The third-order valence-corrected chi connectivity index (χ3v) is 3.87. The highest BCUT2D eigenvalue weighted by molar-refractivity contribution is 5.97. The van der Waals surface area contributed by atoms with Gasteiger partial charge in [-0.1, -0.05) is 12.1 Å². The number of benzene rings is 1. The van der Waals surface area contributed by atoms with Crippen LogP contribution in [0.1, 0.15) is 41.6 Å². The number of amides is 1. The molecule has 1 aromatic carbocycles. The minimum atomic E-state index is 0.00519. The molecule has 0 aromatic heterocycles. The number of rotatable bonds is 4. The van der Waals surface area contributed by atoms with Gasteiger partial charge in [0.15, 0.2) is 0 Å². The summed E-state index contributed by atoms with van der Waals surface area (Å²) in [5, 5.41) is 10.0. The first-order chi connectivity index (χ1) is 8.66. The molecule has 0 heterocycles. The molecule has 0 aliphatic heterocycles. The van der Waals surface area contributed by atoms with Gasteiger partial charge >= 0.3 is 0 Å². The molecule has 1 N–H and O–H groups in total. The fourth-order valence-corrected chi connectivity index (χ4v) is 2.35. The molecule has 3 nitrogen and oxygen atoms in total. The zero-order valence-corrected chi connectivity index (χ0v) is 10.7. The smallest absolute Gasteiger partial charge is 0.257 e. The predicted octanol–water partition coefficient (Wildman–Crippen LogP) is 2.72. The Bertz CT molecular complexity index is 475. The highest BCUT2D eigenvalue weighted by atomic mass is 16.3. The summed E-state index contributed by atoms with van der Waals surface area (Å²) in [4.78, 5) is 14.5. The average Bonchev–Trinajstić information content (AvgIpc) is 3.22. The highest BCUT2D eigenvalue weighted by Gasteiger charge is 2.37. The zero-order chi connectivity index (χ0) is 12.7. The molecule has 18 heavy (non-hydrogen) atoms. The number of aromatic hydroxyl groups is 1. The lowest BCUT2D eigenvalue weighted by atomic mass is 10.1. The molecule has 2 aliphatic rings. The Morgan fingerprint density at radius 2 is 2.06 bits per heavy atom. The molecule has 0 bridgehead atoms. The van der Waals surface area contributed by atoms with Crippen LogP contribution in [0.15, 0.2) is 18.2 Å². The molecule has 0 unspecified atom stereocenters. The van der Waals surface area contributed by atoms with Crippen molar-refractivity contribution in [1.29, 1.82) is 0 Å². The number of hydrogen-bond donors (Lipinski definition) is 1. The van der Waals surface area contributed by atoms with Crippen molar-refractivity contribution in [3.05, 3.63) is 29.3 Å². The summed E-state index contributed by atoms with van der Waals surface area (Å²) >= 11 is 0. The van der Waals surface area contributed by atoms with E-state index in [4.69, 9.17) is 0 Å². The third-order valence-electron chi connectivity index (χ3n) is 3.87. The molecule has 0 spiro atoms. The van der Waals surface area contributed by atoms with Gasteiger partial charge < -0.3 is 10.0 Å². The lowest BCUT2D eigenvalue weighted by Crippen LogP contribution is -2.35. The van der Waals surface area contributed by atoms with Crippen LogP contribution in [0, 0.1) is 12.8 Å². The lowest BCUT2D eigenvalue weighted by molar-refractivity contribution is 0.0731. The first-order valence-corrected chi connectivity index (χ1v) is 6.76. The molecule has 3 heteroatoms. The average molecular weight is 245 g/mol. The van der Waals surface area contributed by atoms with Crippen molar-refractivity contribution in [2.45, 2.75) is 38.6 Å². The van der Waals surface area contributed by atoms with Gasteiger partial charge in [0.2, 0.25) is 0 Å². The maximum atomic E-state index is 12.5. The van der Waals surface area contributed by atoms with Gasteiger partial charge in [0.05, 0.1) is 5.56 Å². The van der Waals surface area contributed by atoms with E-state index < -0.39 is 0 Å². The van der Waals surface area contributed by atoms with Crippen LogP contribution in [0.3, 0.4) is 0 Å². The van der Waals surface area contributed by atoms with Gasteiger partial charge in [-0.05, 0) is 50.2 Å². The molecule has 96 valence electrons. The van der Waals surface area contributed by atoms with Crippen LogP contribution in [0.2, 0.25) is 0 Å². The molecule has 2 saturated carbocycles. The van der Waals surface area contributed by atoms with Gasteiger partial charge in [0, 0.05) is 12.6 Å². The minimum Gasteiger partial charge on any atom is -0.507 e. The van der Waals surface area contributed by atoms with Crippen molar-refractivity contribution in [2.75, 3.05) is 6.54 Å². The SMILES string of the molecule is Cc1cccc(C(=O)N(CC2CC2)C2CC2)c1O. The van der Waals surface area contributed by atoms with Crippen LogP contribution >= 0.6 is 0 Å². The topological polar surface area (TPSA) is 40.5 Å².